The Morgan fingerprint density at radius 2 is 2.08 bits per heavy atom. The lowest BCUT2D eigenvalue weighted by atomic mass is 10.2. The molecular weight excluding hydrogens is 348 g/mol. The van der Waals surface area contributed by atoms with Crippen molar-refractivity contribution in [2.24, 2.45) is 0 Å². The molecule has 0 fully saturated rings. The minimum absolute atomic E-state index is 0.272. The highest BCUT2D eigenvalue weighted by molar-refractivity contribution is 7.15. The van der Waals surface area contributed by atoms with Gasteiger partial charge in [-0.2, -0.15) is 0 Å². The SMILES string of the molecule is CC(NC(=O)C=Cc1ccccc1)C(=O)Nc1nc2c(s1)CN(C)CC2. The molecule has 136 valence electrons. The van der Waals surface area contributed by atoms with E-state index in [1.165, 1.54) is 22.3 Å². The Kier molecular flexibility index (Phi) is 5.80. The van der Waals surface area contributed by atoms with Gasteiger partial charge in [0.25, 0.3) is 0 Å². The molecule has 0 aliphatic carbocycles. The van der Waals surface area contributed by atoms with Crippen LogP contribution in [0.3, 0.4) is 0 Å². The number of thiazole rings is 1. The van der Waals surface area contributed by atoms with Gasteiger partial charge in [-0.15, -0.1) is 11.3 Å². The molecule has 1 aromatic carbocycles. The molecule has 0 spiro atoms. The highest BCUT2D eigenvalue weighted by Gasteiger charge is 2.21. The molecule has 0 bridgehead atoms. The summed E-state index contributed by atoms with van der Waals surface area (Å²) in [5.41, 5.74) is 1.99. The van der Waals surface area contributed by atoms with Crippen molar-refractivity contribution < 1.29 is 9.59 Å². The van der Waals surface area contributed by atoms with Crippen LogP contribution in [0.4, 0.5) is 5.13 Å². The highest BCUT2D eigenvalue weighted by atomic mass is 32.1. The summed E-state index contributed by atoms with van der Waals surface area (Å²) in [7, 11) is 2.07. The number of rotatable bonds is 5. The molecule has 2 aromatic rings. The van der Waals surface area contributed by atoms with Gasteiger partial charge in [0, 0.05) is 30.5 Å². The number of amides is 2. The standard InChI is InChI=1S/C19H22N4O2S/c1-13(20-17(24)9-8-14-6-4-3-5-7-14)18(25)22-19-21-15-10-11-23(2)12-16(15)26-19/h3-9,13H,10-12H2,1-2H3,(H,20,24)(H,21,22,25). The van der Waals surface area contributed by atoms with Crippen molar-refractivity contribution >= 4 is 34.4 Å². The van der Waals surface area contributed by atoms with Gasteiger partial charge >= 0.3 is 0 Å². The lowest BCUT2D eigenvalue weighted by molar-refractivity contribution is -0.123. The average molecular weight is 370 g/mol. The molecule has 1 atom stereocenters. The van der Waals surface area contributed by atoms with Crippen molar-refractivity contribution in [3.05, 3.63) is 52.5 Å². The number of carbonyl (C=O) groups is 2. The lowest BCUT2D eigenvalue weighted by Crippen LogP contribution is -2.40. The van der Waals surface area contributed by atoms with Crippen LogP contribution in [0.2, 0.25) is 0 Å². The number of likely N-dealkylation sites (N-methyl/N-ethyl adjacent to an activating group) is 1. The topological polar surface area (TPSA) is 74.3 Å². The normalized spacial score (nSPS) is 15.5. The third-order valence-electron chi connectivity index (χ3n) is 4.13. The first-order valence-corrected chi connectivity index (χ1v) is 9.34. The van der Waals surface area contributed by atoms with E-state index in [4.69, 9.17) is 0 Å². The van der Waals surface area contributed by atoms with E-state index in [9.17, 15) is 9.59 Å². The zero-order chi connectivity index (χ0) is 18.5. The first kappa shape index (κ1) is 18.3. The van der Waals surface area contributed by atoms with E-state index in [1.807, 2.05) is 30.3 Å². The van der Waals surface area contributed by atoms with Crippen LogP contribution in [0, 0.1) is 0 Å². The molecule has 2 amide bonds. The number of carbonyl (C=O) groups excluding carboxylic acids is 2. The second kappa shape index (κ2) is 8.25. The first-order valence-electron chi connectivity index (χ1n) is 8.53. The second-order valence-electron chi connectivity index (χ2n) is 6.34. The first-order chi connectivity index (χ1) is 12.5. The summed E-state index contributed by atoms with van der Waals surface area (Å²) >= 11 is 1.50. The van der Waals surface area contributed by atoms with E-state index in [0.29, 0.717) is 5.13 Å². The molecular formula is C19H22N4O2S. The maximum Gasteiger partial charge on any atom is 0.248 e. The van der Waals surface area contributed by atoms with Crippen LogP contribution in [0.1, 0.15) is 23.1 Å². The largest absolute Gasteiger partial charge is 0.341 e. The fourth-order valence-corrected chi connectivity index (χ4v) is 3.74. The van der Waals surface area contributed by atoms with Crippen LogP contribution in [-0.4, -0.2) is 41.3 Å². The van der Waals surface area contributed by atoms with E-state index in [0.717, 1.165) is 30.8 Å². The third kappa shape index (κ3) is 4.77. The quantitative estimate of drug-likeness (QED) is 0.792. The number of fused-ring (bicyclic) bond motifs is 1. The summed E-state index contributed by atoms with van der Waals surface area (Å²) in [6, 6.07) is 8.88. The molecule has 0 radical (unpaired) electrons. The molecule has 1 aliphatic heterocycles. The van der Waals surface area contributed by atoms with Gasteiger partial charge < -0.3 is 15.5 Å². The Balaban J connectivity index is 1.53. The van der Waals surface area contributed by atoms with Gasteiger partial charge in [0.2, 0.25) is 11.8 Å². The molecule has 2 N–H and O–H groups in total. The molecule has 0 saturated carbocycles. The summed E-state index contributed by atoms with van der Waals surface area (Å²) in [5.74, 6) is -0.581. The number of benzene rings is 1. The van der Waals surface area contributed by atoms with E-state index >= 15 is 0 Å². The maximum atomic E-state index is 12.3. The van der Waals surface area contributed by atoms with E-state index < -0.39 is 6.04 Å². The minimum Gasteiger partial charge on any atom is -0.341 e. The molecule has 6 nitrogen and oxygen atoms in total. The van der Waals surface area contributed by atoms with Gasteiger partial charge in [-0.25, -0.2) is 4.98 Å². The van der Waals surface area contributed by atoms with Gasteiger partial charge in [0.15, 0.2) is 5.13 Å². The van der Waals surface area contributed by atoms with Crippen molar-refractivity contribution in [2.45, 2.75) is 25.9 Å². The number of nitrogens with zero attached hydrogens (tertiary/aromatic N) is 2. The van der Waals surface area contributed by atoms with Gasteiger partial charge in [0.1, 0.15) is 6.04 Å². The van der Waals surface area contributed by atoms with Crippen molar-refractivity contribution in [1.29, 1.82) is 0 Å². The molecule has 0 saturated heterocycles. The molecule has 1 aromatic heterocycles. The monoisotopic (exact) mass is 370 g/mol. The van der Waals surface area contributed by atoms with Crippen LogP contribution >= 0.6 is 11.3 Å². The Bertz CT molecular complexity index is 816. The Morgan fingerprint density at radius 3 is 2.85 bits per heavy atom. The molecule has 2 heterocycles. The maximum absolute atomic E-state index is 12.3. The number of hydrogen-bond acceptors (Lipinski definition) is 5. The van der Waals surface area contributed by atoms with E-state index in [1.54, 1.807) is 13.0 Å². The number of anilines is 1. The average Bonchev–Trinajstić information content (AvgIpc) is 3.02. The Labute approximate surface area is 156 Å². The molecule has 26 heavy (non-hydrogen) atoms. The lowest BCUT2D eigenvalue weighted by Gasteiger charge is -2.20. The van der Waals surface area contributed by atoms with Crippen LogP contribution in [-0.2, 0) is 22.6 Å². The van der Waals surface area contributed by atoms with Crippen molar-refractivity contribution in [3.63, 3.8) is 0 Å². The van der Waals surface area contributed by atoms with Crippen LogP contribution in [0.5, 0.6) is 0 Å². The Morgan fingerprint density at radius 1 is 1.31 bits per heavy atom. The third-order valence-corrected chi connectivity index (χ3v) is 5.13. The van der Waals surface area contributed by atoms with Gasteiger partial charge in [-0.1, -0.05) is 30.3 Å². The smallest absolute Gasteiger partial charge is 0.248 e. The predicted octanol–water partition coefficient (Wildman–Crippen LogP) is 2.29. The van der Waals surface area contributed by atoms with Gasteiger partial charge in [-0.05, 0) is 25.6 Å². The number of aromatic nitrogens is 1. The fraction of sp³-hybridized carbons (Fsp3) is 0.316. The van der Waals surface area contributed by atoms with Gasteiger partial charge in [-0.3, -0.25) is 9.59 Å². The molecule has 1 aliphatic rings. The van der Waals surface area contributed by atoms with Crippen LogP contribution in [0.25, 0.3) is 6.08 Å². The number of nitrogens with one attached hydrogen (secondary N) is 2. The van der Waals surface area contributed by atoms with Crippen LogP contribution < -0.4 is 10.6 Å². The van der Waals surface area contributed by atoms with Crippen molar-refractivity contribution in [2.75, 3.05) is 18.9 Å². The fourth-order valence-electron chi connectivity index (χ4n) is 2.65. The van der Waals surface area contributed by atoms with E-state index in [-0.39, 0.29) is 11.8 Å². The van der Waals surface area contributed by atoms with E-state index in [2.05, 4.69) is 27.6 Å². The summed E-state index contributed by atoms with van der Waals surface area (Å²) in [6.07, 6.45) is 4.04. The summed E-state index contributed by atoms with van der Waals surface area (Å²) in [6.45, 7) is 3.49. The summed E-state index contributed by atoms with van der Waals surface area (Å²) < 4.78 is 0. The predicted molar refractivity (Wildman–Crippen MR) is 104 cm³/mol. The summed E-state index contributed by atoms with van der Waals surface area (Å²) in [5, 5.41) is 6.07. The molecule has 3 rings (SSSR count). The Hall–Kier alpha value is -2.51. The number of hydrogen-bond donors (Lipinski definition) is 2. The molecule has 7 heteroatoms. The zero-order valence-corrected chi connectivity index (χ0v) is 15.7. The molecule has 1 unspecified atom stereocenters. The van der Waals surface area contributed by atoms with Crippen molar-refractivity contribution in [1.82, 2.24) is 15.2 Å². The highest BCUT2D eigenvalue weighted by Crippen LogP contribution is 2.27. The summed E-state index contributed by atoms with van der Waals surface area (Å²) in [4.78, 5) is 32.2. The second-order valence-corrected chi connectivity index (χ2v) is 7.42. The minimum atomic E-state index is -0.647. The van der Waals surface area contributed by atoms with Crippen molar-refractivity contribution in [3.8, 4) is 0 Å². The van der Waals surface area contributed by atoms with Gasteiger partial charge in [0.05, 0.1) is 5.69 Å². The van der Waals surface area contributed by atoms with Crippen LogP contribution in [0.15, 0.2) is 36.4 Å². The zero-order valence-electron chi connectivity index (χ0n) is 14.9.